The van der Waals surface area contributed by atoms with Gasteiger partial charge in [-0.15, -0.1) is 0 Å². The summed E-state index contributed by atoms with van der Waals surface area (Å²) in [5, 5.41) is 9.54. The van der Waals surface area contributed by atoms with Crippen LogP contribution in [0.5, 0.6) is 0 Å². The predicted molar refractivity (Wildman–Crippen MR) is 88.7 cm³/mol. The minimum atomic E-state index is -0.989. The van der Waals surface area contributed by atoms with Crippen molar-refractivity contribution >= 4 is 11.9 Å². The molecule has 0 spiro atoms. The molecule has 0 unspecified atom stereocenters. The highest BCUT2D eigenvalue weighted by Crippen LogP contribution is 2.19. The molecule has 132 valence electrons. The predicted octanol–water partition coefficient (Wildman–Crippen LogP) is 1.58. The molecule has 1 heterocycles. The smallest absolute Gasteiger partial charge is 0.309 e. The van der Waals surface area contributed by atoms with Crippen molar-refractivity contribution in [1.29, 1.82) is 0 Å². The lowest BCUT2D eigenvalue weighted by molar-refractivity contribution is -0.160. The average molecular weight is 335 g/mol. The van der Waals surface area contributed by atoms with Crippen LogP contribution in [0.4, 0.5) is 0 Å². The van der Waals surface area contributed by atoms with E-state index < -0.39 is 18.0 Å². The summed E-state index contributed by atoms with van der Waals surface area (Å²) < 4.78 is 10.5. The van der Waals surface area contributed by atoms with Gasteiger partial charge in [0.25, 0.3) is 5.91 Å². The Morgan fingerprint density at radius 2 is 1.92 bits per heavy atom. The van der Waals surface area contributed by atoms with Gasteiger partial charge in [0.1, 0.15) is 6.10 Å². The topological polar surface area (TPSA) is 76.1 Å². The molecule has 6 heteroatoms. The fraction of sp³-hybridized carbons (Fsp3) is 0.556. The summed E-state index contributed by atoms with van der Waals surface area (Å²) in [6.07, 6.45) is 0.930. The Labute approximate surface area is 142 Å². The van der Waals surface area contributed by atoms with Gasteiger partial charge >= 0.3 is 5.97 Å². The van der Waals surface area contributed by atoms with Gasteiger partial charge in [0.2, 0.25) is 0 Å². The number of carbonyl (C=O) groups excluding carboxylic acids is 1. The van der Waals surface area contributed by atoms with Crippen LogP contribution in [0.3, 0.4) is 0 Å². The van der Waals surface area contributed by atoms with E-state index in [0.29, 0.717) is 39.1 Å². The maximum absolute atomic E-state index is 12.6. The van der Waals surface area contributed by atoms with Crippen LogP contribution in [-0.4, -0.2) is 61.4 Å². The molecule has 0 radical (unpaired) electrons. The highest BCUT2D eigenvalue weighted by Gasteiger charge is 2.36. The molecule has 1 aromatic carbocycles. The van der Waals surface area contributed by atoms with Crippen LogP contribution >= 0.6 is 0 Å². The third kappa shape index (κ3) is 5.04. The van der Waals surface area contributed by atoms with Crippen LogP contribution in [0, 0.1) is 5.92 Å². The van der Waals surface area contributed by atoms with Crippen molar-refractivity contribution in [3.63, 3.8) is 0 Å². The first-order valence-corrected chi connectivity index (χ1v) is 8.29. The zero-order valence-corrected chi connectivity index (χ0v) is 14.0. The molecule has 1 fully saturated rings. The molecule has 6 nitrogen and oxygen atoms in total. The number of aryl methyl sites for hydroxylation is 1. The summed E-state index contributed by atoms with van der Waals surface area (Å²) in [5.41, 5.74) is 1.16. The van der Waals surface area contributed by atoms with Gasteiger partial charge in [0.15, 0.2) is 0 Å². The number of hydrogen-bond donors (Lipinski definition) is 1. The number of morpholine rings is 1. The number of carboxylic acids is 1. The number of rotatable bonds is 8. The highest BCUT2D eigenvalue weighted by molar-refractivity contribution is 5.86. The Bertz CT molecular complexity index is 527. The Morgan fingerprint density at radius 1 is 1.25 bits per heavy atom. The number of carboxylic acid groups (broad SMARTS) is 1. The van der Waals surface area contributed by atoms with Crippen molar-refractivity contribution in [2.24, 2.45) is 5.92 Å². The molecule has 24 heavy (non-hydrogen) atoms. The Hall–Kier alpha value is -1.92. The number of methoxy groups -OCH3 is 1. The summed E-state index contributed by atoms with van der Waals surface area (Å²) in [5.74, 6) is -2.08. The van der Waals surface area contributed by atoms with Crippen molar-refractivity contribution < 1.29 is 24.2 Å². The van der Waals surface area contributed by atoms with Gasteiger partial charge < -0.3 is 19.5 Å². The van der Waals surface area contributed by atoms with E-state index in [1.54, 1.807) is 4.90 Å². The number of benzene rings is 1. The maximum atomic E-state index is 12.6. The van der Waals surface area contributed by atoms with Gasteiger partial charge in [-0.3, -0.25) is 9.59 Å². The Morgan fingerprint density at radius 3 is 2.50 bits per heavy atom. The molecule has 0 bridgehead atoms. The number of nitrogens with zero attached hydrogens (tertiary/aromatic N) is 1. The molecule has 2 rings (SSSR count). The zero-order chi connectivity index (χ0) is 17.4. The van der Waals surface area contributed by atoms with Crippen LogP contribution in [0.2, 0.25) is 0 Å². The second kappa shape index (κ2) is 9.39. The lowest BCUT2D eigenvalue weighted by Crippen LogP contribution is -2.49. The summed E-state index contributed by atoms with van der Waals surface area (Å²) in [6.45, 7) is 1.92. The Kier molecular flexibility index (Phi) is 7.21. The minimum absolute atomic E-state index is 0.257. The van der Waals surface area contributed by atoms with E-state index >= 15 is 0 Å². The van der Waals surface area contributed by atoms with Gasteiger partial charge in [-0.25, -0.2) is 0 Å². The standard InChI is InChI=1S/C18H25NO5/c1-23-16(17(20)19-10-12-24-13-11-19)15(18(21)22)9-5-8-14-6-3-2-4-7-14/h2-4,6-7,15-16H,5,8-13H2,1H3,(H,21,22)/t15-,16+/m1/s1. The Balaban J connectivity index is 1.95. The van der Waals surface area contributed by atoms with Gasteiger partial charge in [-0.05, 0) is 24.8 Å². The molecule has 1 aromatic rings. The van der Waals surface area contributed by atoms with E-state index in [9.17, 15) is 14.7 Å². The van der Waals surface area contributed by atoms with Crippen LogP contribution in [-0.2, 0) is 25.5 Å². The van der Waals surface area contributed by atoms with Gasteiger partial charge in [-0.2, -0.15) is 0 Å². The largest absolute Gasteiger partial charge is 0.481 e. The van der Waals surface area contributed by atoms with E-state index in [2.05, 4.69) is 0 Å². The molecular weight excluding hydrogens is 310 g/mol. The molecule has 1 aliphatic heterocycles. The second-order valence-electron chi connectivity index (χ2n) is 5.92. The third-order valence-corrected chi connectivity index (χ3v) is 4.33. The number of carbonyl (C=O) groups is 2. The lowest BCUT2D eigenvalue weighted by Gasteiger charge is -2.31. The van der Waals surface area contributed by atoms with Gasteiger partial charge in [0.05, 0.1) is 19.1 Å². The SMILES string of the molecule is CO[C@H](C(=O)N1CCOCC1)[C@@H](CCCc1ccccc1)C(=O)O. The summed E-state index contributed by atoms with van der Waals surface area (Å²) >= 11 is 0. The van der Waals surface area contributed by atoms with Crippen molar-refractivity contribution in [2.45, 2.75) is 25.4 Å². The molecule has 1 aliphatic rings. The van der Waals surface area contributed by atoms with E-state index in [0.717, 1.165) is 12.0 Å². The first-order chi connectivity index (χ1) is 11.6. The molecule has 1 saturated heterocycles. The number of aliphatic carboxylic acids is 1. The number of hydrogen-bond acceptors (Lipinski definition) is 4. The van der Waals surface area contributed by atoms with Crippen molar-refractivity contribution in [3.05, 3.63) is 35.9 Å². The van der Waals surface area contributed by atoms with E-state index in [-0.39, 0.29) is 5.91 Å². The normalized spacial score (nSPS) is 17.3. The molecular formula is C18H25NO5. The first-order valence-electron chi connectivity index (χ1n) is 8.29. The molecule has 0 saturated carbocycles. The van der Waals surface area contributed by atoms with Crippen LogP contribution in [0.1, 0.15) is 18.4 Å². The first kappa shape index (κ1) is 18.4. The van der Waals surface area contributed by atoms with Crippen molar-refractivity contribution in [1.82, 2.24) is 4.90 Å². The van der Waals surface area contributed by atoms with Crippen molar-refractivity contribution in [2.75, 3.05) is 33.4 Å². The van der Waals surface area contributed by atoms with Crippen molar-refractivity contribution in [3.8, 4) is 0 Å². The van der Waals surface area contributed by atoms with Crippen LogP contribution in [0.15, 0.2) is 30.3 Å². The fourth-order valence-electron chi connectivity index (χ4n) is 2.98. The monoisotopic (exact) mass is 335 g/mol. The minimum Gasteiger partial charge on any atom is -0.481 e. The molecule has 1 N–H and O–H groups in total. The highest BCUT2D eigenvalue weighted by atomic mass is 16.5. The number of amides is 1. The lowest BCUT2D eigenvalue weighted by atomic mass is 9.93. The molecule has 2 atom stereocenters. The summed E-state index contributed by atoms with van der Waals surface area (Å²) in [6, 6.07) is 9.91. The molecule has 0 aliphatic carbocycles. The second-order valence-corrected chi connectivity index (χ2v) is 5.92. The fourth-order valence-corrected chi connectivity index (χ4v) is 2.98. The molecule has 0 aromatic heterocycles. The quantitative estimate of drug-likeness (QED) is 0.781. The van der Waals surface area contributed by atoms with Gasteiger partial charge in [0, 0.05) is 20.2 Å². The van der Waals surface area contributed by atoms with Gasteiger partial charge in [-0.1, -0.05) is 30.3 Å². The average Bonchev–Trinajstić information content (AvgIpc) is 2.62. The van der Waals surface area contributed by atoms with E-state index in [1.165, 1.54) is 7.11 Å². The molecule has 1 amide bonds. The summed E-state index contributed by atoms with van der Waals surface area (Å²) in [7, 11) is 1.40. The van der Waals surface area contributed by atoms with Crippen LogP contribution in [0.25, 0.3) is 0 Å². The third-order valence-electron chi connectivity index (χ3n) is 4.33. The maximum Gasteiger partial charge on any atom is 0.309 e. The van der Waals surface area contributed by atoms with Crippen LogP contribution < -0.4 is 0 Å². The summed E-state index contributed by atoms with van der Waals surface area (Å²) in [4.78, 5) is 25.9. The number of ether oxygens (including phenoxy) is 2. The van der Waals surface area contributed by atoms with E-state index in [1.807, 2.05) is 30.3 Å². The zero-order valence-electron chi connectivity index (χ0n) is 14.0. The van der Waals surface area contributed by atoms with E-state index in [4.69, 9.17) is 9.47 Å².